The molecule has 1 unspecified atom stereocenters. The van der Waals surface area contributed by atoms with E-state index in [1.165, 1.54) is 24.3 Å². The summed E-state index contributed by atoms with van der Waals surface area (Å²) >= 11 is 1.95. The van der Waals surface area contributed by atoms with Crippen molar-refractivity contribution in [2.75, 3.05) is 18.6 Å². The predicted molar refractivity (Wildman–Crippen MR) is 68.3 cm³/mol. The van der Waals surface area contributed by atoms with E-state index >= 15 is 0 Å². The Morgan fingerprint density at radius 3 is 3.06 bits per heavy atom. The molecule has 17 heavy (non-hydrogen) atoms. The Balaban J connectivity index is 2.09. The molecule has 0 N–H and O–H groups in total. The SMILES string of the molecule is CN(Cc1cc(C#N)ccc1F)C1CCSC1. The van der Waals surface area contributed by atoms with Gasteiger partial charge in [-0.2, -0.15) is 17.0 Å². The molecule has 1 aliphatic heterocycles. The molecular formula is C13H15FN2S. The lowest BCUT2D eigenvalue weighted by molar-refractivity contribution is 0.251. The van der Waals surface area contributed by atoms with E-state index in [1.54, 1.807) is 6.07 Å². The zero-order chi connectivity index (χ0) is 12.3. The number of hydrogen-bond donors (Lipinski definition) is 0. The van der Waals surface area contributed by atoms with Gasteiger partial charge in [-0.1, -0.05) is 0 Å². The maximum absolute atomic E-state index is 13.6. The summed E-state index contributed by atoms with van der Waals surface area (Å²) in [5.74, 6) is 2.09. The normalized spacial score (nSPS) is 19.5. The van der Waals surface area contributed by atoms with Crippen molar-refractivity contribution in [3.05, 3.63) is 35.1 Å². The summed E-state index contributed by atoms with van der Waals surface area (Å²) in [6, 6.07) is 7.13. The minimum atomic E-state index is -0.221. The average molecular weight is 250 g/mol. The Kier molecular flexibility index (Phi) is 4.03. The van der Waals surface area contributed by atoms with Crippen LogP contribution in [0.5, 0.6) is 0 Å². The molecule has 0 aromatic heterocycles. The molecule has 0 saturated carbocycles. The molecule has 0 aliphatic carbocycles. The van der Waals surface area contributed by atoms with E-state index in [0.29, 0.717) is 23.7 Å². The number of halogens is 1. The van der Waals surface area contributed by atoms with Crippen LogP contribution in [0.1, 0.15) is 17.5 Å². The summed E-state index contributed by atoms with van der Waals surface area (Å²) < 4.78 is 13.6. The largest absolute Gasteiger partial charge is 0.298 e. The molecule has 1 aromatic carbocycles. The third-order valence-electron chi connectivity index (χ3n) is 3.12. The third kappa shape index (κ3) is 2.99. The molecule has 0 amide bonds. The molecule has 1 fully saturated rings. The fraction of sp³-hybridized carbons (Fsp3) is 0.462. The predicted octanol–water partition coefficient (Wildman–Crippen LogP) is 2.63. The lowest BCUT2D eigenvalue weighted by Gasteiger charge is -2.23. The summed E-state index contributed by atoms with van der Waals surface area (Å²) in [6.07, 6.45) is 1.17. The van der Waals surface area contributed by atoms with Crippen LogP contribution in [0.3, 0.4) is 0 Å². The number of hydrogen-bond acceptors (Lipinski definition) is 3. The Morgan fingerprint density at radius 2 is 2.41 bits per heavy atom. The second kappa shape index (κ2) is 5.52. The topological polar surface area (TPSA) is 27.0 Å². The second-order valence-corrected chi connectivity index (χ2v) is 5.50. The van der Waals surface area contributed by atoms with E-state index in [0.717, 1.165) is 5.75 Å². The summed E-state index contributed by atoms with van der Waals surface area (Å²) in [4.78, 5) is 2.18. The monoisotopic (exact) mass is 250 g/mol. The number of thioether (sulfide) groups is 1. The summed E-state index contributed by atoms with van der Waals surface area (Å²) in [5.41, 5.74) is 1.14. The van der Waals surface area contributed by atoms with Crippen LogP contribution in [0.25, 0.3) is 0 Å². The molecule has 4 heteroatoms. The van der Waals surface area contributed by atoms with Crippen molar-refractivity contribution in [3.63, 3.8) is 0 Å². The Morgan fingerprint density at radius 1 is 1.59 bits per heavy atom. The maximum atomic E-state index is 13.6. The molecule has 1 saturated heterocycles. The zero-order valence-corrected chi connectivity index (χ0v) is 10.6. The third-order valence-corrected chi connectivity index (χ3v) is 4.27. The average Bonchev–Trinajstić information content (AvgIpc) is 2.85. The van der Waals surface area contributed by atoms with Crippen LogP contribution in [0.4, 0.5) is 4.39 Å². The van der Waals surface area contributed by atoms with Crippen LogP contribution in [0, 0.1) is 17.1 Å². The first-order valence-corrected chi connectivity index (χ1v) is 6.82. The van der Waals surface area contributed by atoms with Gasteiger partial charge < -0.3 is 0 Å². The highest BCUT2D eigenvalue weighted by atomic mass is 32.2. The van der Waals surface area contributed by atoms with Gasteiger partial charge in [-0.3, -0.25) is 4.90 Å². The van der Waals surface area contributed by atoms with Crippen LogP contribution >= 0.6 is 11.8 Å². The van der Waals surface area contributed by atoms with Crippen molar-refractivity contribution >= 4 is 11.8 Å². The van der Waals surface area contributed by atoms with E-state index in [1.807, 2.05) is 24.9 Å². The number of benzene rings is 1. The highest BCUT2D eigenvalue weighted by molar-refractivity contribution is 7.99. The lowest BCUT2D eigenvalue weighted by atomic mass is 10.1. The number of nitrogens with zero attached hydrogens (tertiary/aromatic N) is 2. The van der Waals surface area contributed by atoms with Gasteiger partial charge in [0.15, 0.2) is 0 Å². The molecular weight excluding hydrogens is 235 g/mol. The first-order valence-electron chi connectivity index (χ1n) is 5.67. The summed E-state index contributed by atoms with van der Waals surface area (Å²) in [7, 11) is 2.02. The number of nitriles is 1. The van der Waals surface area contributed by atoms with E-state index in [2.05, 4.69) is 4.90 Å². The van der Waals surface area contributed by atoms with Gasteiger partial charge in [0.05, 0.1) is 11.6 Å². The molecule has 90 valence electrons. The lowest BCUT2D eigenvalue weighted by Crippen LogP contribution is -2.31. The van der Waals surface area contributed by atoms with Crippen molar-refractivity contribution in [3.8, 4) is 6.07 Å². The highest BCUT2D eigenvalue weighted by Gasteiger charge is 2.20. The van der Waals surface area contributed by atoms with Gasteiger partial charge in [0.1, 0.15) is 5.82 Å². The molecule has 1 heterocycles. The second-order valence-electron chi connectivity index (χ2n) is 4.35. The maximum Gasteiger partial charge on any atom is 0.127 e. The van der Waals surface area contributed by atoms with E-state index in [4.69, 9.17) is 5.26 Å². The Hall–Kier alpha value is -1.05. The molecule has 1 aromatic rings. The van der Waals surface area contributed by atoms with Gasteiger partial charge >= 0.3 is 0 Å². The van der Waals surface area contributed by atoms with Gasteiger partial charge in [0, 0.05) is 23.9 Å². The smallest absolute Gasteiger partial charge is 0.127 e. The molecule has 0 radical (unpaired) electrons. The van der Waals surface area contributed by atoms with Crippen LogP contribution in [-0.2, 0) is 6.54 Å². The Bertz CT molecular complexity index is 436. The van der Waals surface area contributed by atoms with Crippen LogP contribution < -0.4 is 0 Å². The quantitative estimate of drug-likeness (QED) is 0.825. The fourth-order valence-electron chi connectivity index (χ4n) is 2.03. The fourth-order valence-corrected chi connectivity index (χ4v) is 3.33. The van der Waals surface area contributed by atoms with Gasteiger partial charge in [-0.15, -0.1) is 0 Å². The molecule has 0 bridgehead atoms. The summed E-state index contributed by atoms with van der Waals surface area (Å²) in [5, 5.41) is 8.81. The van der Waals surface area contributed by atoms with E-state index in [-0.39, 0.29) is 5.82 Å². The van der Waals surface area contributed by atoms with Crippen molar-refractivity contribution < 1.29 is 4.39 Å². The highest BCUT2D eigenvalue weighted by Crippen LogP contribution is 2.23. The van der Waals surface area contributed by atoms with Crippen molar-refractivity contribution in [1.82, 2.24) is 4.90 Å². The molecule has 0 spiro atoms. The first-order chi connectivity index (χ1) is 8.20. The van der Waals surface area contributed by atoms with Gasteiger partial charge in [-0.25, -0.2) is 4.39 Å². The number of rotatable bonds is 3. The molecule has 1 atom stereocenters. The van der Waals surface area contributed by atoms with Crippen LogP contribution in [0.2, 0.25) is 0 Å². The minimum absolute atomic E-state index is 0.221. The molecule has 2 nitrogen and oxygen atoms in total. The van der Waals surface area contributed by atoms with Crippen molar-refractivity contribution in [1.29, 1.82) is 5.26 Å². The molecule has 2 rings (SSSR count). The van der Waals surface area contributed by atoms with Crippen LogP contribution in [0.15, 0.2) is 18.2 Å². The minimum Gasteiger partial charge on any atom is -0.298 e. The van der Waals surface area contributed by atoms with Crippen molar-refractivity contribution in [2.45, 2.75) is 19.0 Å². The standard InChI is InChI=1S/C13H15FN2S/c1-16(12-4-5-17-9-12)8-11-6-10(7-15)2-3-13(11)14/h2-3,6,12H,4-5,8-9H2,1H3. The van der Waals surface area contributed by atoms with E-state index in [9.17, 15) is 4.39 Å². The van der Waals surface area contributed by atoms with E-state index < -0.39 is 0 Å². The van der Waals surface area contributed by atoms with Crippen molar-refractivity contribution in [2.24, 2.45) is 0 Å². The molecule has 1 aliphatic rings. The van der Waals surface area contributed by atoms with Gasteiger partial charge in [0.25, 0.3) is 0 Å². The van der Waals surface area contributed by atoms with Gasteiger partial charge in [0.2, 0.25) is 0 Å². The zero-order valence-electron chi connectivity index (χ0n) is 9.82. The Labute approximate surface area is 105 Å². The first kappa shape index (κ1) is 12.4. The van der Waals surface area contributed by atoms with Crippen LogP contribution in [-0.4, -0.2) is 29.5 Å². The van der Waals surface area contributed by atoms with Gasteiger partial charge in [-0.05, 0) is 37.4 Å². The summed E-state index contributed by atoms with van der Waals surface area (Å²) in [6.45, 7) is 0.576.